The van der Waals surface area contributed by atoms with Gasteiger partial charge in [-0.3, -0.25) is 14.9 Å². The van der Waals surface area contributed by atoms with Crippen LogP contribution in [0.1, 0.15) is 5.69 Å². The van der Waals surface area contributed by atoms with E-state index < -0.39 is 10.9 Å². The van der Waals surface area contributed by atoms with Crippen LogP contribution in [-0.2, 0) is 11.2 Å². The van der Waals surface area contributed by atoms with Gasteiger partial charge in [0, 0.05) is 11.1 Å². The summed E-state index contributed by atoms with van der Waals surface area (Å²) in [4.78, 5) is 20.9. The van der Waals surface area contributed by atoms with Crippen molar-refractivity contribution in [2.75, 3.05) is 0 Å². The molecular weight excluding hydrogens is 276 g/mol. The van der Waals surface area contributed by atoms with E-state index in [0.29, 0.717) is 5.02 Å². The molecule has 0 radical (unpaired) electrons. The first kappa shape index (κ1) is 13.0. The van der Waals surface area contributed by atoms with Crippen LogP contribution in [0.15, 0.2) is 24.4 Å². The molecule has 1 aromatic heterocycles. The van der Waals surface area contributed by atoms with Gasteiger partial charge in [-0.05, 0) is 12.1 Å². The number of aliphatic carboxylic acids is 1. The van der Waals surface area contributed by atoms with Gasteiger partial charge in [0.05, 0.1) is 23.2 Å². The Kier molecular flexibility index (Phi) is 3.43. The van der Waals surface area contributed by atoms with Crippen LogP contribution in [-0.4, -0.2) is 31.0 Å². The molecule has 1 aromatic carbocycles. The van der Waals surface area contributed by atoms with Crippen LogP contribution in [0.2, 0.25) is 5.02 Å². The third-order valence-electron chi connectivity index (χ3n) is 2.25. The second-order valence-electron chi connectivity index (χ2n) is 3.62. The van der Waals surface area contributed by atoms with Crippen LogP contribution in [0.3, 0.4) is 0 Å². The van der Waals surface area contributed by atoms with E-state index in [0.717, 1.165) is 4.68 Å². The third-order valence-corrected chi connectivity index (χ3v) is 2.49. The highest BCUT2D eigenvalue weighted by atomic mass is 35.5. The fraction of sp³-hybridized carbons (Fsp3) is 0.100. The summed E-state index contributed by atoms with van der Waals surface area (Å²) in [5.74, 6) is -1.06. The molecule has 0 amide bonds. The van der Waals surface area contributed by atoms with Gasteiger partial charge < -0.3 is 5.11 Å². The molecule has 0 aliphatic heterocycles. The highest BCUT2D eigenvalue weighted by molar-refractivity contribution is 6.30. The number of carbonyl (C=O) groups is 1. The minimum absolute atomic E-state index is 0.127. The first-order valence-electron chi connectivity index (χ1n) is 5.04. The van der Waals surface area contributed by atoms with Gasteiger partial charge in [-0.15, -0.1) is 5.10 Å². The molecule has 0 aliphatic carbocycles. The van der Waals surface area contributed by atoms with Crippen molar-refractivity contribution in [3.8, 4) is 5.69 Å². The topological polar surface area (TPSA) is 111 Å². The number of hydrogen-bond donors (Lipinski definition) is 1. The highest BCUT2D eigenvalue weighted by Crippen LogP contribution is 2.25. The summed E-state index contributed by atoms with van der Waals surface area (Å²) in [5, 5.41) is 27.1. The molecule has 1 N–H and O–H groups in total. The summed E-state index contributed by atoms with van der Waals surface area (Å²) in [6.07, 6.45) is 1.00. The number of hydrogen-bond acceptors (Lipinski definition) is 5. The van der Waals surface area contributed by atoms with Gasteiger partial charge >= 0.3 is 5.97 Å². The quantitative estimate of drug-likeness (QED) is 0.671. The normalized spacial score (nSPS) is 10.4. The standard InChI is InChI=1S/C10H7ClN4O4/c11-6-1-2-8(15(18)19)9(3-6)14-5-7(12-13-14)4-10(16)17/h1-3,5H,4H2,(H,16,17). The molecule has 0 saturated heterocycles. The third kappa shape index (κ3) is 2.86. The molecule has 0 saturated carbocycles. The second-order valence-corrected chi connectivity index (χ2v) is 4.05. The number of carboxylic acid groups (broad SMARTS) is 1. The van der Waals surface area contributed by atoms with Crippen molar-refractivity contribution in [1.82, 2.24) is 15.0 Å². The molecule has 0 aliphatic rings. The molecule has 9 heteroatoms. The largest absolute Gasteiger partial charge is 0.481 e. The predicted molar refractivity (Wildman–Crippen MR) is 64.4 cm³/mol. The van der Waals surface area contributed by atoms with Gasteiger partial charge in [-0.25, -0.2) is 4.68 Å². The molecule has 2 rings (SSSR count). The Morgan fingerprint density at radius 3 is 2.89 bits per heavy atom. The lowest BCUT2D eigenvalue weighted by Crippen LogP contribution is -2.01. The molecule has 19 heavy (non-hydrogen) atoms. The number of nitrogens with zero attached hydrogens (tertiary/aromatic N) is 4. The Labute approximate surface area is 111 Å². The Bertz CT molecular complexity index is 655. The lowest BCUT2D eigenvalue weighted by molar-refractivity contribution is -0.384. The van der Waals surface area contributed by atoms with Crippen molar-refractivity contribution in [2.24, 2.45) is 0 Å². The summed E-state index contributed by atoms with van der Waals surface area (Å²) >= 11 is 5.78. The molecule has 0 unspecified atom stereocenters. The highest BCUT2D eigenvalue weighted by Gasteiger charge is 2.17. The number of nitro groups is 1. The second kappa shape index (κ2) is 5.02. The van der Waals surface area contributed by atoms with E-state index in [1.165, 1.54) is 24.4 Å². The van der Waals surface area contributed by atoms with Crippen molar-refractivity contribution >= 4 is 23.3 Å². The predicted octanol–water partition coefficient (Wildman–Crippen LogP) is 1.46. The fourth-order valence-electron chi connectivity index (χ4n) is 1.49. The van der Waals surface area contributed by atoms with Crippen molar-refractivity contribution in [1.29, 1.82) is 0 Å². The maximum atomic E-state index is 10.9. The SMILES string of the molecule is O=C(O)Cc1cn(-c2cc(Cl)ccc2[N+](=O)[O-])nn1. The van der Waals surface area contributed by atoms with Crippen LogP contribution in [0.4, 0.5) is 5.69 Å². The monoisotopic (exact) mass is 282 g/mol. The number of benzene rings is 1. The van der Waals surface area contributed by atoms with E-state index in [4.69, 9.17) is 16.7 Å². The Hall–Kier alpha value is -2.48. The summed E-state index contributed by atoms with van der Waals surface area (Å²) in [6.45, 7) is 0. The van der Waals surface area contributed by atoms with Crippen LogP contribution in [0.5, 0.6) is 0 Å². The van der Waals surface area contributed by atoms with E-state index >= 15 is 0 Å². The molecule has 1 heterocycles. The maximum Gasteiger partial charge on any atom is 0.309 e. The fourth-order valence-corrected chi connectivity index (χ4v) is 1.65. The van der Waals surface area contributed by atoms with Crippen LogP contribution >= 0.6 is 11.6 Å². The number of nitro benzene ring substituents is 1. The van der Waals surface area contributed by atoms with Gasteiger partial charge in [0.25, 0.3) is 5.69 Å². The van der Waals surface area contributed by atoms with Gasteiger partial charge in [0.1, 0.15) is 5.69 Å². The molecule has 0 bridgehead atoms. The molecule has 98 valence electrons. The number of halogens is 1. The minimum atomic E-state index is -1.06. The molecule has 0 spiro atoms. The van der Waals surface area contributed by atoms with Crippen LogP contribution < -0.4 is 0 Å². The molecular formula is C10H7ClN4O4. The average molecular weight is 283 g/mol. The first-order valence-corrected chi connectivity index (χ1v) is 5.42. The van der Waals surface area contributed by atoms with Gasteiger partial charge in [0.2, 0.25) is 0 Å². The van der Waals surface area contributed by atoms with E-state index in [1.54, 1.807) is 0 Å². The van der Waals surface area contributed by atoms with Crippen molar-refractivity contribution < 1.29 is 14.8 Å². The van der Waals surface area contributed by atoms with E-state index in [1.807, 2.05) is 0 Å². The Morgan fingerprint density at radius 2 is 2.26 bits per heavy atom. The first-order chi connectivity index (χ1) is 8.97. The van der Waals surface area contributed by atoms with Crippen molar-refractivity contribution in [2.45, 2.75) is 6.42 Å². The van der Waals surface area contributed by atoms with Crippen molar-refractivity contribution in [3.63, 3.8) is 0 Å². The average Bonchev–Trinajstić information content (AvgIpc) is 2.75. The van der Waals surface area contributed by atoms with E-state index in [-0.39, 0.29) is 23.5 Å². The lowest BCUT2D eigenvalue weighted by Gasteiger charge is -2.02. The minimum Gasteiger partial charge on any atom is -0.481 e. The summed E-state index contributed by atoms with van der Waals surface area (Å²) in [6, 6.07) is 3.99. The zero-order valence-corrected chi connectivity index (χ0v) is 10.1. The van der Waals surface area contributed by atoms with E-state index in [9.17, 15) is 14.9 Å². The number of carboxylic acids is 1. The zero-order chi connectivity index (χ0) is 14.0. The van der Waals surface area contributed by atoms with Gasteiger partial charge in [-0.2, -0.15) is 0 Å². The molecule has 2 aromatic rings. The van der Waals surface area contributed by atoms with Gasteiger partial charge in [0.15, 0.2) is 0 Å². The molecule has 8 nitrogen and oxygen atoms in total. The van der Waals surface area contributed by atoms with Gasteiger partial charge in [-0.1, -0.05) is 16.8 Å². The van der Waals surface area contributed by atoms with Crippen LogP contribution in [0, 0.1) is 10.1 Å². The Morgan fingerprint density at radius 1 is 1.53 bits per heavy atom. The lowest BCUT2D eigenvalue weighted by atomic mass is 10.2. The summed E-state index contributed by atoms with van der Waals surface area (Å²) in [5.41, 5.74) is 0.125. The molecule has 0 fully saturated rings. The number of rotatable bonds is 4. The summed E-state index contributed by atoms with van der Waals surface area (Å²) in [7, 11) is 0. The van der Waals surface area contributed by atoms with E-state index in [2.05, 4.69) is 10.3 Å². The molecule has 0 atom stereocenters. The van der Waals surface area contributed by atoms with Crippen LogP contribution in [0.25, 0.3) is 5.69 Å². The smallest absolute Gasteiger partial charge is 0.309 e. The zero-order valence-electron chi connectivity index (χ0n) is 9.36. The maximum absolute atomic E-state index is 10.9. The Balaban J connectivity index is 2.46. The number of aromatic nitrogens is 3. The summed E-state index contributed by atoms with van der Waals surface area (Å²) < 4.78 is 1.13. The van der Waals surface area contributed by atoms with Crippen molar-refractivity contribution in [3.05, 3.63) is 45.2 Å².